The number of carboxylic acids is 1. The third-order valence-corrected chi connectivity index (χ3v) is 3.01. The summed E-state index contributed by atoms with van der Waals surface area (Å²) in [6, 6.07) is 11.3. The summed E-state index contributed by atoms with van der Waals surface area (Å²) in [5.41, 5.74) is 1.67. The number of aromatic carboxylic acids is 1. The Bertz CT molecular complexity index is 665. The second-order valence-electron chi connectivity index (χ2n) is 4.32. The van der Waals surface area contributed by atoms with Gasteiger partial charge in [-0.15, -0.1) is 0 Å². The highest BCUT2D eigenvalue weighted by molar-refractivity contribution is 6.31. The molecule has 0 unspecified atom stereocenters. The van der Waals surface area contributed by atoms with Crippen LogP contribution in [0.25, 0.3) is 0 Å². The van der Waals surface area contributed by atoms with Crippen molar-refractivity contribution >= 4 is 29.2 Å². The number of amides is 1. The summed E-state index contributed by atoms with van der Waals surface area (Å²) in [5, 5.41) is 12.0. The number of benzene rings is 2. The second kappa shape index (κ2) is 5.75. The highest BCUT2D eigenvalue weighted by Crippen LogP contribution is 2.21. The number of carbonyl (C=O) groups is 2. The lowest BCUT2D eigenvalue weighted by molar-refractivity contribution is 0.0698. The number of carbonyl (C=O) groups excluding carboxylic acids is 1. The zero-order chi connectivity index (χ0) is 14.7. The molecule has 2 N–H and O–H groups in total. The zero-order valence-corrected chi connectivity index (χ0v) is 11.4. The number of carboxylic acid groups (broad SMARTS) is 1. The van der Waals surface area contributed by atoms with E-state index < -0.39 is 5.97 Å². The average molecular weight is 290 g/mol. The maximum Gasteiger partial charge on any atom is 0.337 e. The summed E-state index contributed by atoms with van der Waals surface area (Å²) in [5.74, 6) is -1.51. The highest BCUT2D eigenvalue weighted by Gasteiger charge is 2.14. The summed E-state index contributed by atoms with van der Waals surface area (Å²) in [7, 11) is 0. The quantitative estimate of drug-likeness (QED) is 0.907. The maximum absolute atomic E-state index is 12.0. The normalized spacial score (nSPS) is 10.1. The molecule has 0 aliphatic carbocycles. The van der Waals surface area contributed by atoms with Crippen LogP contribution < -0.4 is 5.32 Å². The summed E-state index contributed by atoms with van der Waals surface area (Å²) in [6.07, 6.45) is 0. The van der Waals surface area contributed by atoms with Crippen molar-refractivity contribution < 1.29 is 14.7 Å². The van der Waals surface area contributed by atoms with Gasteiger partial charge in [0.15, 0.2) is 0 Å². The van der Waals surface area contributed by atoms with E-state index in [0.29, 0.717) is 10.6 Å². The number of hydrogen-bond donors (Lipinski definition) is 2. The van der Waals surface area contributed by atoms with Crippen LogP contribution in [0, 0.1) is 6.92 Å². The van der Waals surface area contributed by atoms with E-state index in [0.717, 1.165) is 5.56 Å². The largest absolute Gasteiger partial charge is 0.478 e. The van der Waals surface area contributed by atoms with E-state index in [1.165, 1.54) is 18.2 Å². The minimum Gasteiger partial charge on any atom is -0.478 e. The van der Waals surface area contributed by atoms with Crippen LogP contribution in [0.15, 0.2) is 42.5 Å². The molecule has 0 aliphatic rings. The Labute approximate surface area is 121 Å². The monoisotopic (exact) mass is 289 g/mol. The Morgan fingerprint density at radius 3 is 2.35 bits per heavy atom. The lowest BCUT2D eigenvalue weighted by Crippen LogP contribution is -2.14. The van der Waals surface area contributed by atoms with Gasteiger partial charge >= 0.3 is 5.97 Å². The molecule has 0 bridgehead atoms. The molecule has 0 atom stereocenters. The Morgan fingerprint density at radius 1 is 1.10 bits per heavy atom. The van der Waals surface area contributed by atoms with E-state index in [2.05, 4.69) is 5.32 Å². The molecule has 2 aromatic rings. The molecule has 20 heavy (non-hydrogen) atoms. The van der Waals surface area contributed by atoms with Crippen molar-refractivity contribution in [2.24, 2.45) is 0 Å². The van der Waals surface area contributed by atoms with Crippen LogP contribution in [-0.4, -0.2) is 17.0 Å². The van der Waals surface area contributed by atoms with E-state index in [4.69, 9.17) is 16.7 Å². The van der Waals surface area contributed by atoms with Gasteiger partial charge in [-0.1, -0.05) is 29.3 Å². The molecule has 0 fully saturated rings. The van der Waals surface area contributed by atoms with Gasteiger partial charge in [0.05, 0.1) is 11.3 Å². The number of halogens is 1. The van der Waals surface area contributed by atoms with Crippen LogP contribution >= 0.6 is 11.6 Å². The van der Waals surface area contributed by atoms with Gasteiger partial charge in [0.25, 0.3) is 5.91 Å². The lowest BCUT2D eigenvalue weighted by Gasteiger charge is -2.09. The number of rotatable bonds is 3. The van der Waals surface area contributed by atoms with Gasteiger partial charge < -0.3 is 10.4 Å². The molecule has 0 radical (unpaired) electrons. The van der Waals surface area contributed by atoms with Gasteiger partial charge in [0.1, 0.15) is 0 Å². The van der Waals surface area contributed by atoms with E-state index in [9.17, 15) is 9.59 Å². The zero-order valence-electron chi connectivity index (χ0n) is 10.7. The Balaban J connectivity index is 2.28. The Morgan fingerprint density at radius 2 is 1.75 bits per heavy atom. The second-order valence-corrected chi connectivity index (χ2v) is 4.75. The summed E-state index contributed by atoms with van der Waals surface area (Å²) < 4.78 is 0. The van der Waals surface area contributed by atoms with Gasteiger partial charge in [-0.2, -0.15) is 0 Å². The van der Waals surface area contributed by atoms with Crippen LogP contribution in [0.5, 0.6) is 0 Å². The molecule has 0 aliphatic heterocycles. The fraction of sp³-hybridized carbons (Fsp3) is 0.0667. The molecule has 0 saturated carbocycles. The van der Waals surface area contributed by atoms with Crippen LogP contribution in [0.2, 0.25) is 5.02 Å². The van der Waals surface area contributed by atoms with Crippen molar-refractivity contribution in [1.82, 2.24) is 0 Å². The molecule has 0 saturated heterocycles. The van der Waals surface area contributed by atoms with Gasteiger partial charge in [0.2, 0.25) is 0 Å². The summed E-state index contributed by atoms with van der Waals surface area (Å²) >= 11 is 5.76. The van der Waals surface area contributed by atoms with Crippen molar-refractivity contribution in [2.45, 2.75) is 6.92 Å². The van der Waals surface area contributed by atoms with Crippen molar-refractivity contribution in [3.63, 3.8) is 0 Å². The van der Waals surface area contributed by atoms with Crippen LogP contribution in [-0.2, 0) is 0 Å². The van der Waals surface area contributed by atoms with Crippen molar-refractivity contribution in [1.29, 1.82) is 0 Å². The van der Waals surface area contributed by atoms with E-state index >= 15 is 0 Å². The highest BCUT2D eigenvalue weighted by atomic mass is 35.5. The minimum atomic E-state index is -1.15. The average Bonchev–Trinajstić information content (AvgIpc) is 2.41. The predicted octanol–water partition coefficient (Wildman–Crippen LogP) is 3.60. The summed E-state index contributed by atoms with van der Waals surface area (Å²) in [6.45, 7) is 1.92. The molecular weight excluding hydrogens is 278 g/mol. The molecule has 0 spiro atoms. The molecule has 2 rings (SSSR count). The Kier molecular flexibility index (Phi) is 4.05. The van der Waals surface area contributed by atoms with Crippen molar-refractivity contribution in [3.8, 4) is 0 Å². The van der Waals surface area contributed by atoms with Crippen LogP contribution in [0.1, 0.15) is 26.3 Å². The van der Waals surface area contributed by atoms with Crippen LogP contribution in [0.3, 0.4) is 0 Å². The van der Waals surface area contributed by atoms with Crippen molar-refractivity contribution in [3.05, 3.63) is 64.2 Å². The first-order valence-electron chi connectivity index (χ1n) is 5.88. The molecule has 102 valence electrons. The first kappa shape index (κ1) is 14.1. The number of hydrogen-bond acceptors (Lipinski definition) is 2. The SMILES string of the molecule is Cc1ccc(C(=O)Nc2ccc(Cl)cc2C(=O)O)cc1. The fourth-order valence-corrected chi connectivity index (χ4v) is 1.87. The van der Waals surface area contributed by atoms with Gasteiger partial charge in [-0.3, -0.25) is 4.79 Å². The first-order valence-corrected chi connectivity index (χ1v) is 6.26. The molecule has 2 aromatic carbocycles. The fourth-order valence-electron chi connectivity index (χ4n) is 1.70. The molecule has 5 heteroatoms. The number of nitrogens with one attached hydrogen (secondary N) is 1. The van der Waals surface area contributed by atoms with Crippen molar-refractivity contribution in [2.75, 3.05) is 5.32 Å². The maximum atomic E-state index is 12.0. The van der Waals surface area contributed by atoms with E-state index in [-0.39, 0.29) is 17.2 Å². The van der Waals surface area contributed by atoms with Gasteiger partial charge in [0, 0.05) is 10.6 Å². The van der Waals surface area contributed by atoms with E-state index in [1.54, 1.807) is 12.1 Å². The summed E-state index contributed by atoms with van der Waals surface area (Å²) in [4.78, 5) is 23.2. The third-order valence-electron chi connectivity index (χ3n) is 2.77. The van der Waals surface area contributed by atoms with Crippen LogP contribution in [0.4, 0.5) is 5.69 Å². The number of aryl methyl sites for hydroxylation is 1. The third kappa shape index (κ3) is 3.16. The standard InChI is InChI=1S/C15H12ClNO3/c1-9-2-4-10(5-3-9)14(18)17-13-7-6-11(16)8-12(13)15(19)20/h2-8H,1H3,(H,17,18)(H,19,20). The van der Waals surface area contributed by atoms with Gasteiger partial charge in [-0.25, -0.2) is 4.79 Å². The molecule has 0 aromatic heterocycles. The first-order chi connectivity index (χ1) is 9.47. The molecule has 0 heterocycles. The molecule has 4 nitrogen and oxygen atoms in total. The van der Waals surface area contributed by atoms with E-state index in [1.807, 2.05) is 19.1 Å². The molecule has 1 amide bonds. The van der Waals surface area contributed by atoms with Gasteiger partial charge in [-0.05, 0) is 37.3 Å². The smallest absolute Gasteiger partial charge is 0.337 e. The minimum absolute atomic E-state index is 0.0436. The Hall–Kier alpha value is -2.33. The number of anilines is 1. The topological polar surface area (TPSA) is 66.4 Å². The predicted molar refractivity (Wildman–Crippen MR) is 77.5 cm³/mol. The lowest BCUT2D eigenvalue weighted by atomic mass is 10.1. The molecular formula is C15H12ClNO3.